The summed E-state index contributed by atoms with van der Waals surface area (Å²) in [4.78, 5) is 20.1. The van der Waals surface area contributed by atoms with E-state index in [1.807, 2.05) is 38.1 Å². The highest BCUT2D eigenvalue weighted by Gasteiger charge is 2.29. The highest BCUT2D eigenvalue weighted by atomic mass is 35.5. The highest BCUT2D eigenvalue weighted by molar-refractivity contribution is 5.85. The van der Waals surface area contributed by atoms with Gasteiger partial charge in [-0.2, -0.15) is 0 Å². The second kappa shape index (κ2) is 8.49. The molecule has 128 valence electrons. The van der Waals surface area contributed by atoms with E-state index in [1.165, 1.54) is 0 Å². The molecule has 1 unspecified atom stereocenters. The fourth-order valence-electron chi connectivity index (χ4n) is 2.58. The van der Waals surface area contributed by atoms with Crippen molar-refractivity contribution in [3.8, 4) is 0 Å². The third-order valence-corrected chi connectivity index (χ3v) is 3.78. The van der Waals surface area contributed by atoms with Crippen LogP contribution in [0.15, 0.2) is 24.3 Å². The Kier molecular flexibility index (Phi) is 7.28. The van der Waals surface area contributed by atoms with Gasteiger partial charge >= 0.3 is 0 Å². The number of halogens is 2. The fourth-order valence-corrected chi connectivity index (χ4v) is 2.58. The van der Waals surface area contributed by atoms with Gasteiger partial charge < -0.3 is 20.4 Å². The molecule has 0 aliphatic carbocycles. The number of nitrogens with zero attached hydrogens (tertiary/aromatic N) is 1. The quantitative estimate of drug-likeness (QED) is 0.781. The monoisotopic (exact) mass is 360 g/mol. The number of morpholine rings is 1. The molecule has 1 aliphatic rings. The van der Waals surface area contributed by atoms with Gasteiger partial charge in [-0.15, -0.1) is 24.8 Å². The summed E-state index contributed by atoms with van der Waals surface area (Å²) < 4.78 is 5.50. The number of ether oxygens (including phenoxy) is 1. The van der Waals surface area contributed by atoms with E-state index in [0.717, 1.165) is 16.9 Å². The van der Waals surface area contributed by atoms with E-state index >= 15 is 0 Å². The number of H-pyrrole nitrogens is 1. The van der Waals surface area contributed by atoms with Gasteiger partial charge in [0.2, 0.25) is 5.91 Å². The topological polar surface area (TPSA) is 79.0 Å². The summed E-state index contributed by atoms with van der Waals surface area (Å²) in [7, 11) is 0. The van der Waals surface area contributed by atoms with Crippen LogP contribution in [0.25, 0.3) is 11.0 Å². The number of carbonyl (C=O) groups excluding carboxylic acids is 1. The van der Waals surface area contributed by atoms with E-state index in [-0.39, 0.29) is 48.9 Å². The van der Waals surface area contributed by atoms with Crippen molar-refractivity contribution in [1.82, 2.24) is 20.6 Å². The van der Waals surface area contributed by atoms with Gasteiger partial charge in [-0.3, -0.25) is 4.79 Å². The second-order valence-corrected chi connectivity index (χ2v) is 5.38. The molecule has 1 aromatic heterocycles. The SMILES string of the molecule is CC(NC(=O)[C@H]1NCCO[C@@H]1C)c1nc2ccccc2[nH]1.Cl.Cl. The lowest BCUT2D eigenvalue weighted by Gasteiger charge is -2.30. The van der Waals surface area contributed by atoms with E-state index in [9.17, 15) is 4.79 Å². The van der Waals surface area contributed by atoms with Crippen molar-refractivity contribution in [1.29, 1.82) is 0 Å². The number of para-hydroxylation sites is 2. The molecule has 6 nitrogen and oxygen atoms in total. The zero-order valence-corrected chi connectivity index (χ0v) is 14.7. The van der Waals surface area contributed by atoms with Crippen LogP contribution in [0.5, 0.6) is 0 Å². The molecular weight excluding hydrogens is 339 g/mol. The molecule has 1 aliphatic heterocycles. The molecule has 1 aromatic carbocycles. The Morgan fingerprint density at radius 2 is 2.13 bits per heavy atom. The summed E-state index contributed by atoms with van der Waals surface area (Å²) in [6, 6.07) is 7.33. The van der Waals surface area contributed by atoms with Crippen LogP contribution in [0.4, 0.5) is 0 Å². The molecule has 0 bridgehead atoms. The Balaban J connectivity index is 0.00000132. The Bertz CT molecular complexity index is 616. The van der Waals surface area contributed by atoms with E-state index in [0.29, 0.717) is 13.2 Å². The Labute approximate surface area is 147 Å². The van der Waals surface area contributed by atoms with Crippen LogP contribution >= 0.6 is 24.8 Å². The molecule has 1 saturated heterocycles. The third-order valence-electron chi connectivity index (χ3n) is 3.78. The molecule has 1 fully saturated rings. The van der Waals surface area contributed by atoms with Crippen molar-refractivity contribution >= 4 is 41.8 Å². The molecule has 3 rings (SSSR count). The first-order valence-electron chi connectivity index (χ1n) is 7.25. The molecule has 2 heterocycles. The van der Waals surface area contributed by atoms with E-state index in [1.54, 1.807) is 0 Å². The Hall–Kier alpha value is -1.34. The maximum atomic E-state index is 12.3. The lowest BCUT2D eigenvalue weighted by molar-refractivity contribution is -0.129. The number of aromatic nitrogens is 2. The summed E-state index contributed by atoms with van der Waals surface area (Å²) >= 11 is 0. The number of imidazole rings is 1. The Morgan fingerprint density at radius 3 is 2.83 bits per heavy atom. The van der Waals surface area contributed by atoms with Crippen LogP contribution in [0, 0.1) is 0 Å². The van der Waals surface area contributed by atoms with E-state index in [4.69, 9.17) is 4.74 Å². The van der Waals surface area contributed by atoms with Crippen molar-refractivity contribution in [2.75, 3.05) is 13.2 Å². The first-order chi connectivity index (χ1) is 10.1. The summed E-state index contributed by atoms with van der Waals surface area (Å²) in [5.41, 5.74) is 1.88. The molecular formula is C15H22Cl2N4O2. The van der Waals surface area contributed by atoms with Gasteiger partial charge in [-0.1, -0.05) is 12.1 Å². The summed E-state index contributed by atoms with van der Waals surface area (Å²) in [6.45, 7) is 5.16. The minimum atomic E-state index is -0.314. The van der Waals surface area contributed by atoms with Crippen LogP contribution in [-0.2, 0) is 9.53 Å². The van der Waals surface area contributed by atoms with Gasteiger partial charge in [-0.05, 0) is 26.0 Å². The normalized spacial score (nSPS) is 21.8. The number of amides is 1. The molecule has 3 N–H and O–H groups in total. The highest BCUT2D eigenvalue weighted by Crippen LogP contribution is 2.16. The molecule has 1 amide bonds. The number of nitrogens with one attached hydrogen (secondary N) is 3. The van der Waals surface area contributed by atoms with Crippen molar-refractivity contribution in [3.63, 3.8) is 0 Å². The lowest BCUT2D eigenvalue weighted by atomic mass is 10.1. The van der Waals surface area contributed by atoms with Gasteiger partial charge in [0.05, 0.1) is 29.8 Å². The largest absolute Gasteiger partial charge is 0.375 e. The first kappa shape index (κ1) is 19.7. The smallest absolute Gasteiger partial charge is 0.240 e. The predicted octanol–water partition coefficient (Wildman–Crippen LogP) is 1.96. The zero-order valence-electron chi connectivity index (χ0n) is 13.0. The van der Waals surface area contributed by atoms with Gasteiger partial charge in [0, 0.05) is 6.54 Å². The fraction of sp³-hybridized carbons (Fsp3) is 0.467. The van der Waals surface area contributed by atoms with Crippen molar-refractivity contribution in [2.24, 2.45) is 0 Å². The number of benzene rings is 1. The number of aromatic amines is 1. The minimum Gasteiger partial charge on any atom is -0.375 e. The van der Waals surface area contributed by atoms with Gasteiger partial charge in [0.15, 0.2) is 0 Å². The standard InChI is InChI=1S/C15H20N4O2.2ClH/c1-9(14-18-11-5-3-4-6-12(11)19-14)17-15(20)13-10(2)21-8-7-16-13;;/h3-6,9-10,13,16H,7-8H2,1-2H3,(H,17,20)(H,18,19);2*1H/t9?,10-,13+;;/m1../s1. The van der Waals surface area contributed by atoms with Crippen molar-refractivity contribution in [2.45, 2.75) is 32.0 Å². The molecule has 2 aromatic rings. The van der Waals surface area contributed by atoms with Crippen LogP contribution in [0.3, 0.4) is 0 Å². The van der Waals surface area contributed by atoms with Crippen LogP contribution < -0.4 is 10.6 Å². The summed E-state index contributed by atoms with van der Waals surface area (Å²) in [5.74, 6) is 0.698. The van der Waals surface area contributed by atoms with Gasteiger partial charge in [-0.25, -0.2) is 4.98 Å². The number of hydrogen-bond acceptors (Lipinski definition) is 4. The minimum absolute atomic E-state index is 0. The average molecular weight is 361 g/mol. The third kappa shape index (κ3) is 4.35. The van der Waals surface area contributed by atoms with Crippen LogP contribution in [0.2, 0.25) is 0 Å². The first-order valence-corrected chi connectivity index (χ1v) is 7.25. The van der Waals surface area contributed by atoms with Crippen molar-refractivity contribution < 1.29 is 9.53 Å². The molecule has 0 saturated carbocycles. The van der Waals surface area contributed by atoms with Crippen LogP contribution in [0.1, 0.15) is 25.7 Å². The van der Waals surface area contributed by atoms with Crippen LogP contribution in [-0.4, -0.2) is 41.2 Å². The average Bonchev–Trinajstić information content (AvgIpc) is 2.91. The maximum Gasteiger partial charge on any atom is 0.240 e. The molecule has 23 heavy (non-hydrogen) atoms. The number of carbonyl (C=O) groups is 1. The Morgan fingerprint density at radius 1 is 1.39 bits per heavy atom. The summed E-state index contributed by atoms with van der Waals surface area (Å²) in [6.07, 6.45) is -0.123. The lowest BCUT2D eigenvalue weighted by Crippen LogP contribution is -2.55. The van der Waals surface area contributed by atoms with Crippen molar-refractivity contribution in [3.05, 3.63) is 30.1 Å². The predicted molar refractivity (Wildman–Crippen MR) is 94.4 cm³/mol. The second-order valence-electron chi connectivity index (χ2n) is 5.38. The number of fused-ring (bicyclic) bond motifs is 1. The van der Waals surface area contributed by atoms with Gasteiger partial charge in [0.1, 0.15) is 11.9 Å². The summed E-state index contributed by atoms with van der Waals surface area (Å²) in [5, 5.41) is 6.17. The maximum absolute atomic E-state index is 12.3. The van der Waals surface area contributed by atoms with Gasteiger partial charge in [0.25, 0.3) is 0 Å². The molecule has 0 spiro atoms. The number of rotatable bonds is 3. The molecule has 8 heteroatoms. The number of hydrogen-bond donors (Lipinski definition) is 3. The van der Waals surface area contributed by atoms with E-state index < -0.39 is 0 Å². The zero-order chi connectivity index (χ0) is 14.8. The molecule has 3 atom stereocenters. The van der Waals surface area contributed by atoms with E-state index in [2.05, 4.69) is 20.6 Å². The molecule has 0 radical (unpaired) electrons.